The molecule has 0 radical (unpaired) electrons. The molecule has 1 aliphatic heterocycles. The molecule has 66 heavy (non-hydrogen) atoms. The van der Waals surface area contributed by atoms with Crippen LogP contribution in [0.5, 0.6) is 11.5 Å². The quantitative estimate of drug-likeness (QED) is 0.150. The van der Waals surface area contributed by atoms with Crippen LogP contribution in [-0.4, -0.2) is 15.6 Å². The largest absolute Gasteiger partial charge is 0.503 e. The minimum absolute atomic E-state index is 0.0190. The van der Waals surface area contributed by atoms with Gasteiger partial charge in [-0.25, -0.2) is 4.98 Å². The minimum Gasteiger partial charge on any atom is -0.457 e. The highest BCUT2D eigenvalue weighted by atomic mass is 16.5. The number of para-hydroxylation sites is 2. The number of benzene rings is 7. The van der Waals surface area contributed by atoms with Crippen molar-refractivity contribution in [3.63, 3.8) is 0 Å². The zero-order valence-electron chi connectivity index (χ0n) is 42.4. The number of nitrogens with zero attached hydrogens (tertiary/aromatic N) is 4. The zero-order chi connectivity index (χ0) is 48.6. The predicted octanol–water partition coefficient (Wildman–Crippen LogP) is 16.4. The minimum atomic E-state index is -2.37. The molecule has 10 rings (SSSR count). The van der Waals surface area contributed by atoms with E-state index in [9.17, 15) is 0 Å². The molecule has 326 valence electrons. The molecule has 9 aromatic rings. The Morgan fingerprint density at radius 1 is 0.530 bits per heavy atom. The van der Waals surface area contributed by atoms with Crippen LogP contribution in [0.1, 0.15) is 88.7 Å². The van der Waals surface area contributed by atoms with E-state index in [0.717, 1.165) is 61.2 Å². The Morgan fingerprint density at radius 2 is 1.20 bits per heavy atom. The van der Waals surface area contributed by atoms with Gasteiger partial charge in [0, 0.05) is 57.0 Å². The van der Waals surface area contributed by atoms with Gasteiger partial charge in [-0.1, -0.05) is 153 Å². The molecule has 0 saturated heterocycles. The first kappa shape index (κ1) is 39.1. The first-order valence-corrected chi connectivity index (χ1v) is 22.9. The fourth-order valence-electron chi connectivity index (χ4n) is 9.10. The Morgan fingerprint density at radius 3 is 1.94 bits per heavy atom. The molecule has 5 nitrogen and oxygen atoms in total. The molecule has 0 aliphatic carbocycles. The SMILES string of the molecule is [2H]C([2H])([2H])c1ccnc(-n2c3ccccc3c3ccc(Oc4cccc([N+]5=C=[N+](c6cc(C(C)(C)C)cc(C(C)(C)C)c6)c6c(-c7cccc(C(C)(C)C)c7)cccc65)c4)cc32)c1-c1ccccc1. The van der Waals surface area contributed by atoms with Crippen molar-refractivity contribution < 1.29 is 8.85 Å². The average Bonchev–Trinajstić information content (AvgIpc) is 3.87. The third-order valence-corrected chi connectivity index (χ3v) is 12.8. The lowest BCUT2D eigenvalue weighted by Gasteiger charge is -2.24. The van der Waals surface area contributed by atoms with Crippen molar-refractivity contribution in [1.29, 1.82) is 0 Å². The number of fused-ring (bicyclic) bond motifs is 4. The van der Waals surface area contributed by atoms with Gasteiger partial charge in [-0.2, -0.15) is 0 Å². The number of hydrogen-bond acceptors (Lipinski definition) is 2. The van der Waals surface area contributed by atoms with E-state index in [1.54, 1.807) is 12.3 Å². The highest BCUT2D eigenvalue weighted by Gasteiger charge is 2.40. The molecular formula is C61H58N4O+2. The lowest BCUT2D eigenvalue weighted by molar-refractivity contribution is 0.483. The van der Waals surface area contributed by atoms with Crippen molar-refractivity contribution >= 4 is 50.6 Å². The summed E-state index contributed by atoms with van der Waals surface area (Å²) in [6.45, 7) is 18.1. The summed E-state index contributed by atoms with van der Waals surface area (Å²) >= 11 is 0. The molecule has 0 spiro atoms. The van der Waals surface area contributed by atoms with Gasteiger partial charge in [-0.15, -0.1) is 0 Å². The van der Waals surface area contributed by atoms with E-state index in [2.05, 4.69) is 173 Å². The van der Waals surface area contributed by atoms with Crippen LogP contribution in [0.4, 0.5) is 22.7 Å². The van der Waals surface area contributed by atoms with Crippen molar-refractivity contribution in [2.75, 3.05) is 0 Å². The predicted molar refractivity (Wildman–Crippen MR) is 278 cm³/mol. The third-order valence-electron chi connectivity index (χ3n) is 12.8. The smallest absolute Gasteiger partial charge is 0.457 e. The van der Waals surface area contributed by atoms with Crippen molar-refractivity contribution in [1.82, 2.24) is 18.7 Å². The van der Waals surface area contributed by atoms with Gasteiger partial charge >= 0.3 is 11.7 Å². The first-order chi connectivity index (χ1) is 32.7. The lowest BCUT2D eigenvalue weighted by atomic mass is 9.80. The van der Waals surface area contributed by atoms with Gasteiger partial charge in [0.15, 0.2) is 0 Å². The molecular weight excluding hydrogens is 805 g/mol. The number of ether oxygens (including phenoxy) is 1. The van der Waals surface area contributed by atoms with E-state index in [1.165, 1.54) is 16.7 Å². The summed E-state index contributed by atoms with van der Waals surface area (Å²) in [6.07, 6.45) is 1.60. The van der Waals surface area contributed by atoms with Gasteiger partial charge in [0.05, 0.1) is 22.7 Å². The van der Waals surface area contributed by atoms with Crippen molar-refractivity contribution in [3.05, 3.63) is 192 Å². The van der Waals surface area contributed by atoms with Gasteiger partial charge in [0.25, 0.3) is 5.69 Å². The molecule has 5 heteroatoms. The van der Waals surface area contributed by atoms with E-state index < -0.39 is 6.85 Å². The normalized spacial score (nSPS) is 13.8. The molecule has 0 unspecified atom stereocenters. The van der Waals surface area contributed by atoms with Gasteiger partial charge in [0.1, 0.15) is 17.3 Å². The highest BCUT2D eigenvalue weighted by Crippen LogP contribution is 2.46. The molecule has 0 N–H and O–H groups in total. The number of hydrogen-bond donors (Lipinski definition) is 0. The summed E-state index contributed by atoms with van der Waals surface area (Å²) in [5, 5.41) is 2.02. The van der Waals surface area contributed by atoms with Crippen LogP contribution >= 0.6 is 0 Å². The molecule has 3 heterocycles. The maximum absolute atomic E-state index is 8.55. The maximum Gasteiger partial charge on any atom is 0.503 e. The van der Waals surface area contributed by atoms with E-state index in [1.807, 2.05) is 66.7 Å². The summed E-state index contributed by atoms with van der Waals surface area (Å²) < 4.78 is 38.9. The van der Waals surface area contributed by atoms with Gasteiger partial charge in [0.2, 0.25) is 11.4 Å². The van der Waals surface area contributed by atoms with E-state index in [-0.39, 0.29) is 21.8 Å². The summed E-state index contributed by atoms with van der Waals surface area (Å²) in [7, 11) is 0. The first-order valence-electron chi connectivity index (χ1n) is 24.4. The van der Waals surface area contributed by atoms with Gasteiger partial charge in [-0.05, 0) is 102 Å². The lowest BCUT2D eigenvalue weighted by Crippen LogP contribution is -2.17. The Balaban J connectivity index is 1.13. The van der Waals surface area contributed by atoms with E-state index >= 15 is 0 Å². The van der Waals surface area contributed by atoms with Crippen LogP contribution in [0.2, 0.25) is 0 Å². The Bertz CT molecular complexity index is 3520. The summed E-state index contributed by atoms with van der Waals surface area (Å²) in [6, 6.07) is 60.0. The van der Waals surface area contributed by atoms with Crippen LogP contribution in [0, 0.1) is 6.85 Å². The second-order valence-electron chi connectivity index (χ2n) is 20.6. The van der Waals surface area contributed by atoms with Crippen LogP contribution < -0.4 is 13.9 Å². The summed E-state index contributed by atoms with van der Waals surface area (Å²) in [4.78, 5) is 4.92. The van der Waals surface area contributed by atoms with Crippen molar-refractivity contribution in [3.8, 4) is 39.6 Å². The number of aryl methyl sites for hydroxylation is 1. The molecule has 0 saturated carbocycles. The molecule has 2 aromatic heterocycles. The molecule has 0 amide bonds. The molecule has 7 aromatic carbocycles. The van der Waals surface area contributed by atoms with Crippen LogP contribution in [-0.2, 0) is 16.2 Å². The third kappa shape index (κ3) is 7.74. The van der Waals surface area contributed by atoms with E-state index in [4.69, 9.17) is 13.8 Å². The van der Waals surface area contributed by atoms with Gasteiger partial charge in [-0.3, -0.25) is 4.57 Å². The van der Waals surface area contributed by atoms with Gasteiger partial charge < -0.3 is 4.74 Å². The fourth-order valence-corrected chi connectivity index (χ4v) is 9.10. The second-order valence-corrected chi connectivity index (χ2v) is 20.6. The molecule has 0 bridgehead atoms. The Kier molecular flexibility index (Phi) is 9.46. The van der Waals surface area contributed by atoms with E-state index in [0.29, 0.717) is 22.9 Å². The zero-order valence-corrected chi connectivity index (χ0v) is 39.4. The molecule has 0 atom stereocenters. The van der Waals surface area contributed by atoms with Crippen molar-refractivity contribution in [2.24, 2.45) is 0 Å². The molecule has 1 aliphatic rings. The average molecular weight is 866 g/mol. The highest BCUT2D eigenvalue weighted by molar-refractivity contribution is 6.10. The summed E-state index contributed by atoms with van der Waals surface area (Å²) in [5.41, 5.74) is 13.3. The van der Waals surface area contributed by atoms with Crippen LogP contribution in [0.25, 0.3) is 49.9 Å². The number of rotatable bonds is 7. The standard InChI is InChI=1S/C61H58N4O/c1-40-31-32-62-58(56(40)41-19-12-11-13-20-41)65-53-27-15-14-25-51(53)52-30-29-49(38-55(52)65)66-48-24-17-23-46(37-48)63-39-64(47-35-44(60(5,6)7)34-45(36-47)61(8,9)10)57-50(26-18-28-54(57)63)42-21-16-22-43(33-42)59(2,3)4/h11-38H,1-10H3/q+2/i1D3. The topological polar surface area (TPSA) is 33.1 Å². The van der Waals surface area contributed by atoms with Crippen molar-refractivity contribution in [2.45, 2.75) is 85.4 Å². The Labute approximate surface area is 393 Å². The maximum atomic E-state index is 8.55. The fraction of sp³-hybridized carbons (Fsp3) is 0.213. The van der Waals surface area contributed by atoms with Crippen LogP contribution in [0.15, 0.2) is 170 Å². The Hall–Kier alpha value is -7.33. The van der Waals surface area contributed by atoms with Crippen LogP contribution in [0.3, 0.4) is 0 Å². The second kappa shape index (κ2) is 16.0. The molecule has 0 fully saturated rings. The number of aromatic nitrogens is 2. The number of pyridine rings is 1. The summed E-state index contributed by atoms with van der Waals surface area (Å²) in [5.74, 6) is 1.82. The monoisotopic (exact) mass is 865 g/mol.